The summed E-state index contributed by atoms with van der Waals surface area (Å²) in [5.74, 6) is -2.07. The Hall–Kier alpha value is -4.59. The Kier molecular flexibility index (Phi) is 12.1. The molecule has 1 aliphatic rings. The van der Waals surface area contributed by atoms with Crippen molar-refractivity contribution in [2.75, 3.05) is 32.7 Å². The first-order chi connectivity index (χ1) is 23.0. The van der Waals surface area contributed by atoms with Crippen molar-refractivity contribution in [3.8, 4) is 11.8 Å². The SMILES string of the molecule is CCC(=O)O[C@@H](c1ccc2c(N)ncnn12)[C@H](OC(=O)CC)C(C#N)(COP(=O)(N[C@@H](C)C(=O)OC1COC1)Oc1ccccc1)OC. The number of nitriles is 1. The van der Waals surface area contributed by atoms with Crippen LogP contribution in [0.15, 0.2) is 48.8 Å². The lowest BCUT2D eigenvalue weighted by Crippen LogP contribution is -2.53. The number of anilines is 1. The van der Waals surface area contributed by atoms with E-state index in [0.29, 0.717) is 5.52 Å². The van der Waals surface area contributed by atoms with Crippen molar-refractivity contribution < 1.29 is 51.7 Å². The molecule has 18 heteroatoms. The van der Waals surface area contributed by atoms with Gasteiger partial charge in [0.2, 0.25) is 5.60 Å². The first-order valence-electron chi connectivity index (χ1n) is 15.0. The van der Waals surface area contributed by atoms with Crippen molar-refractivity contribution in [2.24, 2.45) is 0 Å². The van der Waals surface area contributed by atoms with Crippen LogP contribution in [0.25, 0.3) is 5.52 Å². The van der Waals surface area contributed by atoms with Crippen LogP contribution >= 0.6 is 7.75 Å². The zero-order valence-electron chi connectivity index (χ0n) is 26.8. The van der Waals surface area contributed by atoms with Crippen molar-refractivity contribution in [2.45, 2.75) is 63.6 Å². The van der Waals surface area contributed by atoms with Crippen LogP contribution in [0.3, 0.4) is 0 Å². The lowest BCUT2D eigenvalue weighted by atomic mass is 9.92. The van der Waals surface area contributed by atoms with Crippen molar-refractivity contribution >= 4 is 37.0 Å². The monoisotopic (exact) mass is 688 g/mol. The average molecular weight is 689 g/mol. The highest BCUT2D eigenvalue weighted by molar-refractivity contribution is 7.52. The molecule has 3 heterocycles. The lowest BCUT2D eigenvalue weighted by molar-refractivity contribution is -0.193. The Morgan fingerprint density at radius 3 is 2.44 bits per heavy atom. The minimum Gasteiger partial charge on any atom is -0.456 e. The van der Waals surface area contributed by atoms with Gasteiger partial charge in [0.05, 0.1) is 18.9 Å². The quantitative estimate of drug-likeness (QED) is 0.118. The number of fused-ring (bicyclic) bond motifs is 1. The molecule has 3 aromatic rings. The highest BCUT2D eigenvalue weighted by Gasteiger charge is 2.52. The minimum absolute atomic E-state index is 0.0839. The Labute approximate surface area is 276 Å². The maximum Gasteiger partial charge on any atom is 0.459 e. The van der Waals surface area contributed by atoms with Crippen molar-refractivity contribution in [1.82, 2.24) is 19.7 Å². The predicted molar refractivity (Wildman–Crippen MR) is 166 cm³/mol. The van der Waals surface area contributed by atoms with Crippen LogP contribution in [0, 0.1) is 11.3 Å². The van der Waals surface area contributed by atoms with Gasteiger partial charge in [0.1, 0.15) is 42.4 Å². The van der Waals surface area contributed by atoms with E-state index in [0.717, 1.165) is 7.11 Å². The van der Waals surface area contributed by atoms with Gasteiger partial charge >= 0.3 is 25.7 Å². The van der Waals surface area contributed by atoms with Gasteiger partial charge in [-0.1, -0.05) is 32.0 Å². The molecule has 0 aliphatic carbocycles. The molecule has 0 radical (unpaired) electrons. The number of carbonyl (C=O) groups is 3. The number of nitrogens with one attached hydrogen (secondary N) is 1. The summed E-state index contributed by atoms with van der Waals surface area (Å²) < 4.78 is 54.7. The van der Waals surface area contributed by atoms with Gasteiger partial charge in [-0.25, -0.2) is 14.1 Å². The number of nitrogens with two attached hydrogens (primary N) is 1. The molecule has 258 valence electrons. The number of nitrogens with zero attached hydrogens (tertiary/aromatic N) is 4. The highest BCUT2D eigenvalue weighted by atomic mass is 31.2. The summed E-state index contributed by atoms with van der Waals surface area (Å²) in [6.45, 7) is 4.01. The topological polar surface area (TPSA) is 225 Å². The first-order valence-corrected chi connectivity index (χ1v) is 16.5. The molecule has 0 saturated carbocycles. The summed E-state index contributed by atoms with van der Waals surface area (Å²) in [4.78, 5) is 42.4. The minimum atomic E-state index is -4.56. The van der Waals surface area contributed by atoms with Crippen LogP contribution in [-0.4, -0.2) is 83.3 Å². The molecule has 1 aromatic carbocycles. The van der Waals surface area contributed by atoms with E-state index >= 15 is 0 Å². The van der Waals surface area contributed by atoms with Crippen molar-refractivity contribution in [3.63, 3.8) is 0 Å². The van der Waals surface area contributed by atoms with Crippen molar-refractivity contribution in [1.29, 1.82) is 5.26 Å². The molecule has 5 atom stereocenters. The predicted octanol–water partition coefficient (Wildman–Crippen LogP) is 2.66. The summed E-state index contributed by atoms with van der Waals surface area (Å²) in [7, 11) is -3.43. The Bertz CT molecular complexity index is 1680. The van der Waals surface area contributed by atoms with Crippen LogP contribution in [0.5, 0.6) is 5.75 Å². The van der Waals surface area contributed by atoms with Gasteiger partial charge < -0.3 is 33.9 Å². The molecule has 4 rings (SSSR count). The van der Waals surface area contributed by atoms with Gasteiger partial charge in [0.15, 0.2) is 18.0 Å². The van der Waals surface area contributed by atoms with E-state index in [9.17, 15) is 24.2 Å². The number of carbonyl (C=O) groups excluding carboxylic acids is 3. The van der Waals surface area contributed by atoms with E-state index in [2.05, 4.69) is 15.2 Å². The number of hydrogen-bond donors (Lipinski definition) is 2. The van der Waals surface area contributed by atoms with E-state index in [-0.39, 0.29) is 43.3 Å². The fourth-order valence-corrected chi connectivity index (χ4v) is 5.97. The maximum atomic E-state index is 14.3. The number of aromatic nitrogens is 3. The molecular weight excluding hydrogens is 651 g/mol. The second-order valence-electron chi connectivity index (χ2n) is 10.6. The molecule has 0 spiro atoms. The van der Waals surface area contributed by atoms with Crippen LogP contribution in [0.1, 0.15) is 45.4 Å². The number of para-hydroxylation sites is 1. The molecule has 1 aliphatic heterocycles. The second kappa shape index (κ2) is 16.0. The second-order valence-corrected chi connectivity index (χ2v) is 12.3. The first kappa shape index (κ1) is 36.2. The fraction of sp³-hybridized carbons (Fsp3) is 0.467. The van der Waals surface area contributed by atoms with E-state index in [1.165, 1.54) is 42.9 Å². The van der Waals surface area contributed by atoms with E-state index in [4.69, 9.17) is 38.5 Å². The third kappa shape index (κ3) is 8.46. The number of nitrogen functional groups attached to an aromatic ring is 1. The zero-order chi connectivity index (χ0) is 34.9. The summed E-state index contributed by atoms with van der Waals surface area (Å²) >= 11 is 0. The lowest BCUT2D eigenvalue weighted by Gasteiger charge is -2.37. The van der Waals surface area contributed by atoms with E-state index in [1.54, 1.807) is 31.2 Å². The maximum absolute atomic E-state index is 14.3. The number of benzene rings is 1. The average Bonchev–Trinajstić information content (AvgIpc) is 3.50. The molecule has 1 saturated heterocycles. The van der Waals surface area contributed by atoms with Gasteiger partial charge in [0, 0.05) is 20.0 Å². The number of hydrogen-bond acceptors (Lipinski definition) is 15. The summed E-state index contributed by atoms with van der Waals surface area (Å²) in [6, 6.07) is 11.7. The Morgan fingerprint density at radius 2 is 1.83 bits per heavy atom. The summed E-state index contributed by atoms with van der Waals surface area (Å²) in [5, 5.41) is 17.4. The van der Waals surface area contributed by atoms with Crippen molar-refractivity contribution in [3.05, 3.63) is 54.5 Å². The molecule has 3 N–H and O–H groups in total. The molecular formula is C30H37N6O11P. The molecule has 1 fully saturated rings. The number of rotatable bonds is 17. The summed E-state index contributed by atoms with van der Waals surface area (Å²) in [6.07, 6.45) is -2.78. The van der Waals surface area contributed by atoms with Gasteiger partial charge in [-0.3, -0.25) is 18.9 Å². The summed E-state index contributed by atoms with van der Waals surface area (Å²) in [5.41, 5.74) is 4.19. The largest absolute Gasteiger partial charge is 0.459 e. The molecule has 2 aromatic heterocycles. The van der Waals surface area contributed by atoms with Crippen LogP contribution in [0.4, 0.5) is 5.82 Å². The van der Waals surface area contributed by atoms with E-state index < -0.39 is 62.2 Å². The number of methoxy groups -OCH3 is 1. The highest BCUT2D eigenvalue weighted by Crippen LogP contribution is 2.47. The van der Waals surface area contributed by atoms with Gasteiger partial charge in [-0.2, -0.15) is 15.4 Å². The molecule has 48 heavy (non-hydrogen) atoms. The fourth-order valence-electron chi connectivity index (χ4n) is 4.45. The third-order valence-electron chi connectivity index (χ3n) is 7.20. The zero-order valence-corrected chi connectivity index (χ0v) is 27.7. The molecule has 2 unspecified atom stereocenters. The Morgan fingerprint density at radius 1 is 1.15 bits per heavy atom. The smallest absolute Gasteiger partial charge is 0.456 e. The van der Waals surface area contributed by atoms with E-state index in [1.807, 2.05) is 6.07 Å². The number of ether oxygens (including phenoxy) is 5. The van der Waals surface area contributed by atoms with Crippen LogP contribution < -0.4 is 15.3 Å². The molecule has 17 nitrogen and oxygen atoms in total. The molecule has 0 amide bonds. The number of esters is 3. The van der Waals surface area contributed by atoms with Crippen LogP contribution in [-0.2, 0) is 47.2 Å². The van der Waals surface area contributed by atoms with Gasteiger partial charge in [-0.15, -0.1) is 0 Å². The van der Waals surface area contributed by atoms with Gasteiger partial charge in [0.25, 0.3) is 0 Å². The van der Waals surface area contributed by atoms with Crippen LogP contribution in [0.2, 0.25) is 0 Å². The third-order valence-corrected chi connectivity index (χ3v) is 8.82. The standard InChI is InChI=1S/C30H37N6O11P/c1-5-24(37)45-26(22-12-13-23-28(32)33-18-34-36(22)23)27(46-25(38)6-2)30(16-31,41-4)17-43-48(40,47-20-10-8-7-9-11-20)35-19(3)29(39)44-21-14-42-15-21/h7-13,18-19,21,26-27H,5-6,14-15,17H2,1-4H3,(H,35,40)(H2,32,33,34)/t19-,26-,27-,30?,48?/m0/s1. The molecule has 0 bridgehead atoms. The normalized spacial score (nSPS) is 17.4. The Balaban J connectivity index is 1.74. The van der Waals surface area contributed by atoms with Gasteiger partial charge in [-0.05, 0) is 31.2 Å².